The zero-order chi connectivity index (χ0) is 13.8. The number of carbonyl (C=O) groups is 1. The minimum absolute atomic E-state index is 0.0908. The summed E-state index contributed by atoms with van der Waals surface area (Å²) in [6.45, 7) is 0.0908. The van der Waals surface area contributed by atoms with E-state index in [1.54, 1.807) is 12.1 Å². The van der Waals surface area contributed by atoms with Crippen molar-refractivity contribution in [3.8, 4) is 0 Å². The van der Waals surface area contributed by atoms with Crippen molar-refractivity contribution in [1.29, 1.82) is 0 Å². The molecule has 0 unspecified atom stereocenters. The maximum atomic E-state index is 11.7. The molecule has 1 heterocycles. The number of benzene rings is 1. The second-order valence-corrected chi connectivity index (χ2v) is 5.04. The fraction of sp³-hybridized carbons (Fsp3) is 0.333. The standard InChI is InChI=1S/C12H14BrN3O3/c13-7-5-9-10(16-12(19)15-9)6-8(7)14-11(18)3-1-2-4-17/h5-6,17H,1-4H2,(H,14,18)(H2,15,16,19). The van der Waals surface area contributed by atoms with Crippen molar-refractivity contribution >= 4 is 38.6 Å². The monoisotopic (exact) mass is 327 g/mol. The first-order valence-corrected chi connectivity index (χ1v) is 6.71. The van der Waals surface area contributed by atoms with Gasteiger partial charge in [0.25, 0.3) is 0 Å². The van der Waals surface area contributed by atoms with E-state index in [0.29, 0.717) is 40.5 Å². The molecular formula is C12H14BrN3O3. The molecule has 0 atom stereocenters. The van der Waals surface area contributed by atoms with E-state index in [1.165, 1.54) is 0 Å². The van der Waals surface area contributed by atoms with Crippen molar-refractivity contribution in [3.05, 3.63) is 27.1 Å². The van der Waals surface area contributed by atoms with E-state index in [4.69, 9.17) is 5.11 Å². The van der Waals surface area contributed by atoms with Gasteiger partial charge in [0.1, 0.15) is 0 Å². The van der Waals surface area contributed by atoms with Crippen LogP contribution in [0.25, 0.3) is 11.0 Å². The van der Waals surface area contributed by atoms with E-state index in [1.807, 2.05) is 0 Å². The highest BCUT2D eigenvalue weighted by atomic mass is 79.9. The fourth-order valence-electron chi connectivity index (χ4n) is 1.76. The molecule has 102 valence electrons. The molecule has 0 saturated carbocycles. The number of unbranched alkanes of at least 4 members (excludes halogenated alkanes) is 1. The highest BCUT2D eigenvalue weighted by Crippen LogP contribution is 2.26. The predicted molar refractivity (Wildman–Crippen MR) is 76.2 cm³/mol. The molecule has 2 aromatic rings. The quantitative estimate of drug-likeness (QED) is 0.629. The van der Waals surface area contributed by atoms with Crippen molar-refractivity contribution in [2.24, 2.45) is 0 Å². The Morgan fingerprint density at radius 2 is 1.95 bits per heavy atom. The first kappa shape index (κ1) is 13.8. The molecule has 0 aliphatic heterocycles. The number of nitrogens with one attached hydrogen (secondary N) is 3. The Hall–Kier alpha value is -1.60. The highest BCUT2D eigenvalue weighted by Gasteiger charge is 2.08. The Balaban J connectivity index is 2.13. The summed E-state index contributed by atoms with van der Waals surface area (Å²) in [6.07, 6.45) is 1.61. The van der Waals surface area contributed by atoms with Crippen molar-refractivity contribution in [3.63, 3.8) is 0 Å². The maximum absolute atomic E-state index is 11.7. The van der Waals surface area contributed by atoms with E-state index in [9.17, 15) is 9.59 Å². The summed E-state index contributed by atoms with van der Waals surface area (Å²) in [5.74, 6) is -0.119. The van der Waals surface area contributed by atoms with Crippen LogP contribution in [0, 0.1) is 0 Å². The van der Waals surface area contributed by atoms with Crippen LogP contribution in [0.1, 0.15) is 19.3 Å². The Kier molecular flexibility index (Phi) is 4.39. The first-order valence-electron chi connectivity index (χ1n) is 5.92. The number of hydrogen-bond donors (Lipinski definition) is 4. The van der Waals surface area contributed by atoms with E-state index in [0.717, 1.165) is 0 Å². The van der Waals surface area contributed by atoms with Gasteiger partial charge in [0.15, 0.2) is 0 Å². The summed E-state index contributed by atoms with van der Waals surface area (Å²) in [5.41, 5.74) is 1.64. The first-order chi connectivity index (χ1) is 9.10. The molecule has 6 nitrogen and oxygen atoms in total. The molecule has 1 amide bonds. The Morgan fingerprint density at radius 3 is 2.63 bits per heavy atom. The van der Waals surface area contributed by atoms with Crippen LogP contribution in [-0.2, 0) is 4.79 Å². The molecule has 0 spiro atoms. The number of aliphatic hydroxyl groups excluding tert-OH is 1. The zero-order valence-electron chi connectivity index (χ0n) is 10.1. The van der Waals surface area contributed by atoms with Crippen LogP contribution in [0.15, 0.2) is 21.4 Å². The van der Waals surface area contributed by atoms with Gasteiger partial charge in [-0.2, -0.15) is 0 Å². The largest absolute Gasteiger partial charge is 0.396 e. The predicted octanol–water partition coefficient (Wildman–Crippen LogP) is 1.72. The molecule has 19 heavy (non-hydrogen) atoms. The third-order valence-electron chi connectivity index (χ3n) is 2.69. The van der Waals surface area contributed by atoms with Gasteiger partial charge in [-0.3, -0.25) is 4.79 Å². The molecule has 0 radical (unpaired) electrons. The lowest BCUT2D eigenvalue weighted by atomic mass is 10.2. The number of amides is 1. The van der Waals surface area contributed by atoms with Gasteiger partial charge >= 0.3 is 5.69 Å². The third-order valence-corrected chi connectivity index (χ3v) is 3.35. The van der Waals surface area contributed by atoms with Gasteiger partial charge < -0.3 is 20.4 Å². The molecule has 0 aliphatic rings. The summed E-state index contributed by atoms with van der Waals surface area (Å²) < 4.78 is 0.700. The van der Waals surface area contributed by atoms with Crippen LogP contribution in [0.2, 0.25) is 0 Å². The lowest BCUT2D eigenvalue weighted by Crippen LogP contribution is -2.11. The number of aliphatic hydroxyl groups is 1. The molecule has 2 rings (SSSR count). The van der Waals surface area contributed by atoms with Gasteiger partial charge in [-0.25, -0.2) is 4.79 Å². The van der Waals surface area contributed by atoms with Crippen molar-refractivity contribution in [1.82, 2.24) is 9.97 Å². The summed E-state index contributed by atoms with van der Waals surface area (Å²) in [4.78, 5) is 28.1. The van der Waals surface area contributed by atoms with Crippen LogP contribution < -0.4 is 11.0 Å². The average molecular weight is 328 g/mol. The fourth-order valence-corrected chi connectivity index (χ4v) is 2.20. The highest BCUT2D eigenvalue weighted by molar-refractivity contribution is 9.10. The summed E-state index contributed by atoms with van der Waals surface area (Å²) in [7, 11) is 0. The molecule has 0 bridgehead atoms. The topological polar surface area (TPSA) is 98.0 Å². The molecular weight excluding hydrogens is 314 g/mol. The lowest BCUT2D eigenvalue weighted by molar-refractivity contribution is -0.116. The molecule has 1 aromatic carbocycles. The van der Waals surface area contributed by atoms with Crippen molar-refractivity contribution in [2.75, 3.05) is 11.9 Å². The number of fused-ring (bicyclic) bond motifs is 1. The molecule has 0 aliphatic carbocycles. The molecule has 4 N–H and O–H groups in total. The van der Waals surface area contributed by atoms with Gasteiger partial charge in [-0.05, 0) is 40.9 Å². The number of rotatable bonds is 5. The second kappa shape index (κ2) is 6.03. The van der Waals surface area contributed by atoms with Gasteiger partial charge in [0.05, 0.1) is 16.7 Å². The smallest absolute Gasteiger partial charge is 0.323 e. The van der Waals surface area contributed by atoms with Gasteiger partial charge in [-0.15, -0.1) is 0 Å². The maximum Gasteiger partial charge on any atom is 0.323 e. The Labute approximate surface area is 117 Å². The lowest BCUT2D eigenvalue weighted by Gasteiger charge is -2.07. The number of halogens is 1. The van der Waals surface area contributed by atoms with Crippen LogP contribution in [0.5, 0.6) is 0 Å². The van der Waals surface area contributed by atoms with Gasteiger partial charge in [0.2, 0.25) is 5.91 Å². The second-order valence-electron chi connectivity index (χ2n) is 4.19. The average Bonchev–Trinajstić information content (AvgIpc) is 2.69. The van der Waals surface area contributed by atoms with E-state index in [-0.39, 0.29) is 18.2 Å². The van der Waals surface area contributed by atoms with E-state index < -0.39 is 0 Å². The Morgan fingerprint density at radius 1 is 1.26 bits per heavy atom. The number of anilines is 1. The molecule has 0 saturated heterocycles. The van der Waals surface area contributed by atoms with E-state index >= 15 is 0 Å². The third kappa shape index (κ3) is 3.45. The number of aromatic amines is 2. The zero-order valence-corrected chi connectivity index (χ0v) is 11.7. The number of carbonyl (C=O) groups excluding carboxylic acids is 1. The van der Waals surface area contributed by atoms with Crippen molar-refractivity contribution < 1.29 is 9.90 Å². The number of H-pyrrole nitrogens is 2. The van der Waals surface area contributed by atoms with Crippen molar-refractivity contribution in [2.45, 2.75) is 19.3 Å². The normalized spacial score (nSPS) is 10.8. The Bertz CT molecular complexity index is 647. The SMILES string of the molecule is O=C(CCCCO)Nc1cc2[nH]c(=O)[nH]c2cc1Br. The van der Waals surface area contributed by atoms with Crippen LogP contribution >= 0.6 is 15.9 Å². The minimum atomic E-state index is -0.284. The minimum Gasteiger partial charge on any atom is -0.396 e. The molecule has 7 heteroatoms. The van der Waals surface area contributed by atoms with Crippen LogP contribution in [0.3, 0.4) is 0 Å². The number of hydrogen-bond acceptors (Lipinski definition) is 3. The van der Waals surface area contributed by atoms with Gasteiger partial charge in [0, 0.05) is 17.5 Å². The summed E-state index contributed by atoms with van der Waals surface area (Å²) in [5, 5.41) is 11.4. The molecule has 1 aromatic heterocycles. The van der Waals surface area contributed by atoms with Crippen LogP contribution in [-0.4, -0.2) is 27.6 Å². The summed E-state index contributed by atoms with van der Waals surface area (Å²) >= 11 is 3.35. The van der Waals surface area contributed by atoms with E-state index in [2.05, 4.69) is 31.2 Å². The number of aromatic nitrogens is 2. The summed E-state index contributed by atoms with van der Waals surface area (Å²) in [6, 6.07) is 3.43. The van der Waals surface area contributed by atoms with Crippen LogP contribution in [0.4, 0.5) is 5.69 Å². The van der Waals surface area contributed by atoms with Gasteiger partial charge in [-0.1, -0.05) is 0 Å². The molecule has 0 fully saturated rings. The number of imidazole rings is 1.